The number of hydrogen-bond acceptors (Lipinski definition) is 2. The van der Waals surface area contributed by atoms with Gasteiger partial charge in [0.15, 0.2) is 0 Å². The Morgan fingerprint density at radius 3 is 2.64 bits per heavy atom. The van der Waals surface area contributed by atoms with Crippen LogP contribution < -0.4 is 5.32 Å². The van der Waals surface area contributed by atoms with Crippen LogP contribution in [0.5, 0.6) is 0 Å². The monoisotopic (exact) mass is 392 g/mol. The van der Waals surface area contributed by atoms with Crippen LogP contribution in [0.25, 0.3) is 22.2 Å². The van der Waals surface area contributed by atoms with Crippen LogP contribution in [0.2, 0.25) is 0 Å². The van der Waals surface area contributed by atoms with Crippen molar-refractivity contribution in [2.24, 2.45) is 0 Å². The second-order valence-corrected chi connectivity index (χ2v) is 7.81. The van der Waals surface area contributed by atoms with E-state index in [1.807, 2.05) is 42.6 Å². The molecule has 0 aliphatic carbocycles. The fraction of sp³-hybridized carbons (Fsp3) is 0.174. The molecule has 2 aromatic heterocycles. The number of halogens is 1. The molecule has 0 aliphatic rings. The van der Waals surface area contributed by atoms with Crippen LogP contribution in [0.15, 0.2) is 66.0 Å². The second kappa shape index (κ2) is 7.98. The molecule has 28 heavy (non-hydrogen) atoms. The van der Waals surface area contributed by atoms with E-state index in [0.717, 1.165) is 32.6 Å². The highest BCUT2D eigenvalue weighted by Crippen LogP contribution is 2.31. The van der Waals surface area contributed by atoms with Crippen molar-refractivity contribution in [3.63, 3.8) is 0 Å². The highest BCUT2D eigenvalue weighted by Gasteiger charge is 2.16. The van der Waals surface area contributed by atoms with Crippen LogP contribution in [0.3, 0.4) is 0 Å². The van der Waals surface area contributed by atoms with E-state index in [9.17, 15) is 9.18 Å². The highest BCUT2D eigenvalue weighted by atomic mass is 32.1. The number of benzene rings is 2. The number of aromatic nitrogens is 1. The molecule has 3 nitrogen and oxygen atoms in total. The molecule has 142 valence electrons. The molecule has 0 spiro atoms. The summed E-state index contributed by atoms with van der Waals surface area (Å²) in [5.74, 6) is -0.236. The lowest BCUT2D eigenvalue weighted by Crippen LogP contribution is -2.26. The molecule has 1 unspecified atom stereocenters. The topological polar surface area (TPSA) is 44.9 Å². The largest absolute Gasteiger partial charge is 0.354 e. The van der Waals surface area contributed by atoms with E-state index in [1.54, 1.807) is 23.5 Å². The number of hydrogen-bond donors (Lipinski definition) is 2. The van der Waals surface area contributed by atoms with Crippen molar-refractivity contribution in [1.29, 1.82) is 0 Å². The summed E-state index contributed by atoms with van der Waals surface area (Å²) in [6, 6.07) is 18.5. The quantitative estimate of drug-likeness (QED) is 0.425. The van der Waals surface area contributed by atoms with Crippen molar-refractivity contribution in [3.8, 4) is 11.3 Å². The van der Waals surface area contributed by atoms with Crippen LogP contribution in [-0.4, -0.2) is 10.9 Å². The van der Waals surface area contributed by atoms with Gasteiger partial charge in [-0.1, -0.05) is 24.3 Å². The fourth-order valence-corrected chi connectivity index (χ4v) is 4.22. The number of nitrogens with one attached hydrogen (secondary N) is 2. The summed E-state index contributed by atoms with van der Waals surface area (Å²) in [5.41, 5.74) is 3.96. The van der Waals surface area contributed by atoms with Crippen molar-refractivity contribution in [2.75, 3.05) is 0 Å². The maximum Gasteiger partial charge on any atom is 0.220 e. The first-order chi connectivity index (χ1) is 13.6. The molecule has 1 amide bonds. The fourth-order valence-electron chi connectivity index (χ4n) is 3.48. The van der Waals surface area contributed by atoms with E-state index in [1.165, 1.54) is 12.1 Å². The Balaban J connectivity index is 1.56. The number of H-pyrrole nitrogens is 1. The van der Waals surface area contributed by atoms with E-state index in [2.05, 4.69) is 16.4 Å². The third-order valence-electron chi connectivity index (χ3n) is 4.90. The van der Waals surface area contributed by atoms with Crippen LogP contribution in [0.4, 0.5) is 4.39 Å². The molecular weight excluding hydrogens is 371 g/mol. The Hall–Kier alpha value is -2.92. The molecule has 2 heterocycles. The molecule has 0 saturated carbocycles. The van der Waals surface area contributed by atoms with Crippen LogP contribution in [-0.2, 0) is 11.2 Å². The summed E-state index contributed by atoms with van der Waals surface area (Å²) in [6.45, 7) is 2.00. The predicted molar refractivity (Wildman–Crippen MR) is 113 cm³/mol. The molecule has 4 rings (SSSR count). The number of rotatable bonds is 6. The molecule has 0 aliphatic heterocycles. The van der Waals surface area contributed by atoms with Gasteiger partial charge in [-0.25, -0.2) is 4.39 Å². The Labute approximate surface area is 167 Å². The standard InChI is InChI=1S/C23H21FN2OS/c1-15(21-7-4-14-28-21)25-22(27)13-12-19-18-5-2-3-6-20(18)26-23(19)16-8-10-17(24)11-9-16/h2-11,14-15,26H,12-13H2,1H3,(H,25,27). The number of amides is 1. The number of fused-ring (bicyclic) bond motifs is 1. The average Bonchev–Trinajstić information content (AvgIpc) is 3.35. The number of aryl methyl sites for hydroxylation is 1. The molecule has 2 aromatic carbocycles. The normalized spacial score (nSPS) is 12.2. The smallest absolute Gasteiger partial charge is 0.220 e. The third kappa shape index (κ3) is 3.85. The Bertz CT molecular complexity index is 1080. The average molecular weight is 392 g/mol. The van der Waals surface area contributed by atoms with E-state index in [0.29, 0.717) is 12.8 Å². The summed E-state index contributed by atoms with van der Waals surface area (Å²) in [7, 11) is 0. The van der Waals surface area contributed by atoms with Crippen LogP contribution in [0, 0.1) is 5.82 Å². The van der Waals surface area contributed by atoms with Gasteiger partial charge in [0.25, 0.3) is 0 Å². The van der Waals surface area contributed by atoms with Gasteiger partial charge < -0.3 is 10.3 Å². The summed E-state index contributed by atoms with van der Waals surface area (Å²) >= 11 is 1.64. The second-order valence-electron chi connectivity index (χ2n) is 6.84. The molecule has 0 bridgehead atoms. The number of carbonyl (C=O) groups is 1. The Kier molecular flexibility index (Phi) is 5.26. The van der Waals surface area contributed by atoms with Gasteiger partial charge >= 0.3 is 0 Å². The molecule has 2 N–H and O–H groups in total. The first-order valence-electron chi connectivity index (χ1n) is 9.30. The van der Waals surface area contributed by atoms with Gasteiger partial charge in [-0.3, -0.25) is 4.79 Å². The van der Waals surface area contributed by atoms with Crippen LogP contribution >= 0.6 is 11.3 Å². The number of aromatic amines is 1. The van der Waals surface area contributed by atoms with Gasteiger partial charge in [0.1, 0.15) is 5.82 Å². The van der Waals surface area contributed by atoms with Gasteiger partial charge in [0, 0.05) is 27.9 Å². The lowest BCUT2D eigenvalue weighted by atomic mass is 10.0. The lowest BCUT2D eigenvalue weighted by Gasteiger charge is -2.12. The number of carbonyl (C=O) groups excluding carboxylic acids is 1. The number of thiophene rings is 1. The van der Waals surface area contributed by atoms with Crippen molar-refractivity contribution in [3.05, 3.63) is 82.3 Å². The molecule has 0 saturated heterocycles. The van der Waals surface area contributed by atoms with Crippen LogP contribution in [0.1, 0.15) is 29.8 Å². The van der Waals surface area contributed by atoms with Crippen molar-refractivity contribution in [1.82, 2.24) is 10.3 Å². The molecule has 0 radical (unpaired) electrons. The van der Waals surface area contributed by atoms with Crippen molar-refractivity contribution >= 4 is 28.1 Å². The highest BCUT2D eigenvalue weighted by molar-refractivity contribution is 7.10. The van der Waals surface area contributed by atoms with E-state index >= 15 is 0 Å². The zero-order valence-corrected chi connectivity index (χ0v) is 16.4. The molecular formula is C23H21FN2OS. The summed E-state index contributed by atoms with van der Waals surface area (Å²) in [6.07, 6.45) is 1.01. The van der Waals surface area contributed by atoms with Gasteiger partial charge in [0.2, 0.25) is 5.91 Å². The zero-order chi connectivity index (χ0) is 19.5. The first kappa shape index (κ1) is 18.4. The van der Waals surface area contributed by atoms with Gasteiger partial charge in [-0.2, -0.15) is 0 Å². The van der Waals surface area contributed by atoms with Crippen molar-refractivity contribution < 1.29 is 9.18 Å². The molecule has 1 atom stereocenters. The predicted octanol–water partition coefficient (Wildman–Crippen LogP) is 5.85. The Morgan fingerprint density at radius 1 is 1.11 bits per heavy atom. The molecule has 5 heteroatoms. The summed E-state index contributed by atoms with van der Waals surface area (Å²) < 4.78 is 13.3. The lowest BCUT2D eigenvalue weighted by molar-refractivity contribution is -0.121. The molecule has 0 fully saturated rings. The SMILES string of the molecule is CC(NC(=O)CCc1c(-c2ccc(F)cc2)[nH]c2ccccc12)c1cccs1. The van der Waals surface area contributed by atoms with Gasteiger partial charge in [-0.05, 0) is 66.2 Å². The summed E-state index contributed by atoms with van der Waals surface area (Å²) in [4.78, 5) is 17.1. The van der Waals surface area contributed by atoms with Gasteiger partial charge in [0.05, 0.1) is 6.04 Å². The van der Waals surface area contributed by atoms with E-state index < -0.39 is 0 Å². The minimum absolute atomic E-state index is 0.00652. The summed E-state index contributed by atoms with van der Waals surface area (Å²) in [5, 5.41) is 6.18. The first-order valence-corrected chi connectivity index (χ1v) is 10.2. The van der Waals surface area contributed by atoms with Gasteiger partial charge in [-0.15, -0.1) is 11.3 Å². The third-order valence-corrected chi connectivity index (χ3v) is 5.95. The Morgan fingerprint density at radius 2 is 1.89 bits per heavy atom. The minimum atomic E-state index is -0.261. The van der Waals surface area contributed by atoms with E-state index in [4.69, 9.17) is 0 Å². The minimum Gasteiger partial charge on any atom is -0.354 e. The van der Waals surface area contributed by atoms with E-state index in [-0.39, 0.29) is 17.8 Å². The zero-order valence-electron chi connectivity index (χ0n) is 15.5. The maximum absolute atomic E-state index is 13.3. The number of para-hydroxylation sites is 1. The maximum atomic E-state index is 13.3. The van der Waals surface area contributed by atoms with Crippen molar-refractivity contribution in [2.45, 2.75) is 25.8 Å². The molecule has 4 aromatic rings.